The molecule has 0 aromatic heterocycles. The highest BCUT2D eigenvalue weighted by Crippen LogP contribution is 2.34. The minimum atomic E-state index is -1.04. The number of aliphatic carboxylic acids is 1. The van der Waals surface area contributed by atoms with Crippen LogP contribution < -0.4 is 5.32 Å². The molecule has 1 unspecified atom stereocenters. The Balaban J connectivity index is 2.86. The molecule has 5 nitrogen and oxygen atoms in total. The number of carboxylic acids is 1. The average Bonchev–Trinajstić information content (AvgIpc) is 2.69. The van der Waals surface area contributed by atoms with E-state index < -0.39 is 11.5 Å². The predicted molar refractivity (Wildman–Crippen MR) is 83.3 cm³/mol. The van der Waals surface area contributed by atoms with Crippen molar-refractivity contribution in [2.75, 3.05) is 6.54 Å². The molecule has 1 aliphatic heterocycles. The van der Waals surface area contributed by atoms with E-state index in [0.717, 1.165) is 12.8 Å². The summed E-state index contributed by atoms with van der Waals surface area (Å²) in [5.41, 5.74) is -1.31. The number of carbonyl (C=O) groups excluding carboxylic acids is 1. The second-order valence-corrected chi connectivity index (χ2v) is 8.00. The molecule has 2 amide bonds. The van der Waals surface area contributed by atoms with Crippen LogP contribution in [0.25, 0.3) is 0 Å². The highest BCUT2D eigenvalue weighted by atomic mass is 16.4. The zero-order valence-electron chi connectivity index (χ0n) is 14.2. The topological polar surface area (TPSA) is 69.6 Å². The van der Waals surface area contributed by atoms with Crippen molar-refractivity contribution in [3.63, 3.8) is 0 Å². The SMILES string of the molecule is CCC1(C(=O)O)CCCN1C(=O)NC(C)(C)CC(C)(C)C. The van der Waals surface area contributed by atoms with Crippen molar-refractivity contribution in [2.24, 2.45) is 5.41 Å². The zero-order valence-corrected chi connectivity index (χ0v) is 14.2. The van der Waals surface area contributed by atoms with Crippen molar-refractivity contribution in [1.82, 2.24) is 10.2 Å². The van der Waals surface area contributed by atoms with Gasteiger partial charge in [0.2, 0.25) is 0 Å². The van der Waals surface area contributed by atoms with E-state index in [4.69, 9.17) is 0 Å². The number of nitrogens with one attached hydrogen (secondary N) is 1. The van der Waals surface area contributed by atoms with Crippen LogP contribution in [0.1, 0.15) is 67.2 Å². The molecule has 1 aliphatic rings. The third-order valence-electron chi connectivity index (χ3n) is 4.13. The van der Waals surface area contributed by atoms with Crippen LogP contribution in [0, 0.1) is 5.41 Å². The summed E-state index contributed by atoms with van der Waals surface area (Å²) in [7, 11) is 0. The molecular formula is C16H30N2O3. The van der Waals surface area contributed by atoms with Gasteiger partial charge in [0.15, 0.2) is 0 Å². The Labute approximate surface area is 128 Å². The van der Waals surface area contributed by atoms with E-state index in [9.17, 15) is 14.7 Å². The van der Waals surface area contributed by atoms with E-state index in [0.29, 0.717) is 19.4 Å². The van der Waals surface area contributed by atoms with Crippen molar-refractivity contribution in [1.29, 1.82) is 0 Å². The van der Waals surface area contributed by atoms with Gasteiger partial charge in [0, 0.05) is 12.1 Å². The van der Waals surface area contributed by atoms with Gasteiger partial charge in [-0.2, -0.15) is 0 Å². The molecule has 1 heterocycles. The molecule has 0 aromatic rings. The third kappa shape index (κ3) is 4.11. The van der Waals surface area contributed by atoms with Gasteiger partial charge in [0.05, 0.1) is 0 Å². The molecule has 0 aliphatic carbocycles. The van der Waals surface area contributed by atoms with E-state index >= 15 is 0 Å². The van der Waals surface area contributed by atoms with Crippen molar-refractivity contribution < 1.29 is 14.7 Å². The fourth-order valence-corrected chi connectivity index (χ4v) is 3.64. The summed E-state index contributed by atoms with van der Waals surface area (Å²) in [6.45, 7) is 12.7. The summed E-state index contributed by atoms with van der Waals surface area (Å²) in [5.74, 6) is -0.897. The van der Waals surface area contributed by atoms with Crippen molar-refractivity contribution in [3.05, 3.63) is 0 Å². The standard InChI is InChI=1S/C16H30N2O3/c1-7-16(12(19)20)9-8-10-18(16)13(21)17-15(5,6)11-14(2,3)4/h7-11H2,1-6H3,(H,17,21)(H,19,20). The molecule has 1 saturated heterocycles. The number of urea groups is 1. The fraction of sp³-hybridized carbons (Fsp3) is 0.875. The van der Waals surface area contributed by atoms with Crippen LogP contribution >= 0.6 is 0 Å². The molecule has 2 N–H and O–H groups in total. The Hall–Kier alpha value is -1.26. The van der Waals surface area contributed by atoms with Gasteiger partial charge < -0.3 is 15.3 Å². The Morgan fingerprint density at radius 3 is 2.24 bits per heavy atom. The van der Waals surface area contributed by atoms with Crippen molar-refractivity contribution in [3.8, 4) is 0 Å². The molecule has 5 heteroatoms. The lowest BCUT2D eigenvalue weighted by Gasteiger charge is -2.39. The summed E-state index contributed by atoms with van der Waals surface area (Å²) >= 11 is 0. The van der Waals surface area contributed by atoms with Crippen LogP contribution in [-0.4, -0.2) is 39.6 Å². The maximum absolute atomic E-state index is 12.6. The molecule has 0 radical (unpaired) electrons. The first-order valence-corrected chi connectivity index (χ1v) is 7.77. The lowest BCUT2D eigenvalue weighted by atomic mass is 9.82. The van der Waals surface area contributed by atoms with Crippen molar-refractivity contribution in [2.45, 2.75) is 78.3 Å². The maximum atomic E-state index is 12.6. The first-order chi connectivity index (χ1) is 9.43. The summed E-state index contributed by atoms with van der Waals surface area (Å²) in [6.07, 6.45) is 2.54. The van der Waals surface area contributed by atoms with Crippen LogP contribution in [-0.2, 0) is 4.79 Å². The van der Waals surface area contributed by atoms with E-state index in [1.54, 1.807) is 0 Å². The number of nitrogens with zero attached hydrogens (tertiary/aromatic N) is 1. The second-order valence-electron chi connectivity index (χ2n) is 8.00. The average molecular weight is 298 g/mol. The lowest BCUT2D eigenvalue weighted by molar-refractivity contribution is -0.148. The van der Waals surface area contributed by atoms with E-state index in [-0.39, 0.29) is 17.0 Å². The number of carboxylic acid groups (broad SMARTS) is 1. The zero-order chi connectivity index (χ0) is 16.5. The highest BCUT2D eigenvalue weighted by molar-refractivity contribution is 5.87. The van der Waals surface area contributed by atoms with Gasteiger partial charge in [-0.25, -0.2) is 9.59 Å². The molecule has 0 spiro atoms. The molecule has 21 heavy (non-hydrogen) atoms. The van der Waals surface area contributed by atoms with Gasteiger partial charge in [-0.05, 0) is 44.9 Å². The largest absolute Gasteiger partial charge is 0.479 e. The normalized spacial score (nSPS) is 23.2. The van der Waals surface area contributed by atoms with Gasteiger partial charge in [-0.15, -0.1) is 0 Å². The number of hydrogen-bond donors (Lipinski definition) is 2. The summed E-state index contributed by atoms with van der Waals surface area (Å²) in [4.78, 5) is 25.7. The van der Waals surface area contributed by atoms with Crippen LogP contribution in [0.4, 0.5) is 4.79 Å². The maximum Gasteiger partial charge on any atom is 0.329 e. The Bertz CT molecular complexity index is 412. The number of likely N-dealkylation sites (tertiary alicyclic amines) is 1. The molecule has 0 aromatic carbocycles. The van der Waals surface area contributed by atoms with Crippen LogP contribution in [0.3, 0.4) is 0 Å². The molecule has 1 fully saturated rings. The molecule has 0 bridgehead atoms. The summed E-state index contributed by atoms with van der Waals surface area (Å²) in [5, 5.41) is 12.6. The number of amides is 2. The molecule has 1 rings (SSSR count). The quantitative estimate of drug-likeness (QED) is 0.837. The third-order valence-corrected chi connectivity index (χ3v) is 4.13. The summed E-state index contributed by atoms with van der Waals surface area (Å²) < 4.78 is 0. The molecule has 1 atom stereocenters. The second kappa shape index (κ2) is 5.85. The highest BCUT2D eigenvalue weighted by Gasteiger charge is 2.49. The number of rotatable bonds is 4. The monoisotopic (exact) mass is 298 g/mol. The smallest absolute Gasteiger partial charge is 0.329 e. The number of carbonyl (C=O) groups is 2. The van der Waals surface area contributed by atoms with Gasteiger partial charge >= 0.3 is 12.0 Å². The van der Waals surface area contributed by atoms with Crippen molar-refractivity contribution >= 4 is 12.0 Å². The lowest BCUT2D eigenvalue weighted by Crippen LogP contribution is -2.59. The molecular weight excluding hydrogens is 268 g/mol. The Morgan fingerprint density at radius 2 is 1.81 bits per heavy atom. The minimum absolute atomic E-state index is 0.0937. The number of hydrogen-bond acceptors (Lipinski definition) is 2. The Kier molecular flexibility index (Phi) is 4.96. The minimum Gasteiger partial charge on any atom is -0.479 e. The summed E-state index contributed by atoms with van der Waals surface area (Å²) in [6, 6.07) is -0.258. The van der Waals surface area contributed by atoms with Gasteiger partial charge in [-0.3, -0.25) is 0 Å². The van der Waals surface area contributed by atoms with Crippen LogP contribution in [0.2, 0.25) is 0 Å². The van der Waals surface area contributed by atoms with E-state index in [1.807, 2.05) is 20.8 Å². The molecule has 0 saturated carbocycles. The van der Waals surface area contributed by atoms with Gasteiger partial charge in [-0.1, -0.05) is 27.7 Å². The van der Waals surface area contributed by atoms with Crippen LogP contribution in [0.5, 0.6) is 0 Å². The Morgan fingerprint density at radius 1 is 1.24 bits per heavy atom. The fourth-order valence-electron chi connectivity index (χ4n) is 3.64. The molecule has 122 valence electrons. The van der Waals surface area contributed by atoms with Gasteiger partial charge in [0.1, 0.15) is 5.54 Å². The first kappa shape index (κ1) is 17.8. The van der Waals surface area contributed by atoms with E-state index in [2.05, 4.69) is 26.1 Å². The van der Waals surface area contributed by atoms with Gasteiger partial charge in [0.25, 0.3) is 0 Å². The van der Waals surface area contributed by atoms with E-state index in [1.165, 1.54) is 4.90 Å². The predicted octanol–water partition coefficient (Wildman–Crippen LogP) is 3.24. The first-order valence-electron chi connectivity index (χ1n) is 7.77. The van der Waals surface area contributed by atoms with Crippen LogP contribution in [0.15, 0.2) is 0 Å².